The topological polar surface area (TPSA) is 30.5 Å². The lowest BCUT2D eigenvalue weighted by Crippen LogP contribution is -2.35. The smallest absolute Gasteiger partial charge is 0.0590 e. The van der Waals surface area contributed by atoms with E-state index in [2.05, 4.69) is 12.2 Å². The summed E-state index contributed by atoms with van der Waals surface area (Å²) < 4.78 is 11.6. The molecule has 2 aliphatic heterocycles. The second-order valence-corrected chi connectivity index (χ2v) is 5.69. The maximum absolute atomic E-state index is 5.86. The first-order chi connectivity index (χ1) is 8.88. The van der Waals surface area contributed by atoms with Crippen molar-refractivity contribution in [3.63, 3.8) is 0 Å². The summed E-state index contributed by atoms with van der Waals surface area (Å²) in [5, 5.41) is 3.62. The van der Waals surface area contributed by atoms with Crippen molar-refractivity contribution in [1.29, 1.82) is 0 Å². The van der Waals surface area contributed by atoms with Crippen LogP contribution in [0.25, 0.3) is 0 Å². The van der Waals surface area contributed by atoms with Gasteiger partial charge in [0.1, 0.15) is 0 Å². The lowest BCUT2D eigenvalue weighted by Gasteiger charge is -2.28. The van der Waals surface area contributed by atoms with Crippen LogP contribution in [0.2, 0.25) is 0 Å². The summed E-state index contributed by atoms with van der Waals surface area (Å²) in [7, 11) is 0. The van der Waals surface area contributed by atoms with Gasteiger partial charge in [-0.3, -0.25) is 0 Å². The first-order valence-corrected chi connectivity index (χ1v) is 7.85. The minimum Gasteiger partial charge on any atom is -0.378 e. The van der Waals surface area contributed by atoms with Crippen LogP contribution in [0, 0.1) is 0 Å². The highest BCUT2D eigenvalue weighted by Gasteiger charge is 2.21. The third-order valence-corrected chi connectivity index (χ3v) is 4.18. The summed E-state index contributed by atoms with van der Waals surface area (Å²) in [4.78, 5) is 0. The van der Waals surface area contributed by atoms with Crippen molar-refractivity contribution in [2.75, 3.05) is 19.8 Å². The number of nitrogens with one attached hydrogen (secondary N) is 1. The number of rotatable bonds is 7. The number of hydrogen-bond acceptors (Lipinski definition) is 3. The van der Waals surface area contributed by atoms with Crippen molar-refractivity contribution in [2.45, 2.75) is 76.5 Å². The molecule has 3 atom stereocenters. The van der Waals surface area contributed by atoms with Crippen molar-refractivity contribution in [3.05, 3.63) is 0 Å². The van der Waals surface area contributed by atoms with E-state index in [4.69, 9.17) is 9.47 Å². The van der Waals surface area contributed by atoms with Gasteiger partial charge in [-0.05, 0) is 57.9 Å². The predicted molar refractivity (Wildman–Crippen MR) is 73.9 cm³/mol. The second kappa shape index (κ2) is 8.13. The SMILES string of the molecule is CCNC(CCC1CCCO1)CC1CCCCO1. The van der Waals surface area contributed by atoms with Gasteiger partial charge in [0.2, 0.25) is 0 Å². The van der Waals surface area contributed by atoms with Gasteiger partial charge in [0, 0.05) is 19.3 Å². The Bertz CT molecular complexity index is 211. The Morgan fingerprint density at radius 3 is 2.50 bits per heavy atom. The fourth-order valence-corrected chi connectivity index (χ4v) is 3.16. The van der Waals surface area contributed by atoms with E-state index in [0.717, 1.165) is 19.8 Å². The van der Waals surface area contributed by atoms with Gasteiger partial charge in [0.05, 0.1) is 12.2 Å². The van der Waals surface area contributed by atoms with E-state index in [1.807, 2.05) is 0 Å². The van der Waals surface area contributed by atoms with Gasteiger partial charge in [0.25, 0.3) is 0 Å². The average Bonchev–Trinajstić information content (AvgIpc) is 2.91. The fraction of sp³-hybridized carbons (Fsp3) is 1.00. The van der Waals surface area contributed by atoms with Crippen LogP contribution in [0.1, 0.15) is 58.3 Å². The molecule has 2 heterocycles. The normalized spacial score (nSPS) is 30.5. The van der Waals surface area contributed by atoms with Crippen molar-refractivity contribution in [3.8, 4) is 0 Å². The summed E-state index contributed by atoms with van der Waals surface area (Å²) in [6.45, 7) is 5.20. The minimum absolute atomic E-state index is 0.493. The quantitative estimate of drug-likeness (QED) is 0.759. The molecule has 2 rings (SSSR count). The van der Waals surface area contributed by atoms with Crippen LogP contribution >= 0.6 is 0 Å². The minimum atomic E-state index is 0.493. The van der Waals surface area contributed by atoms with Crippen LogP contribution in [0.3, 0.4) is 0 Å². The zero-order chi connectivity index (χ0) is 12.6. The number of hydrogen-bond donors (Lipinski definition) is 1. The molecular formula is C15H29NO2. The summed E-state index contributed by atoms with van der Waals surface area (Å²) >= 11 is 0. The van der Waals surface area contributed by atoms with Gasteiger partial charge >= 0.3 is 0 Å². The monoisotopic (exact) mass is 255 g/mol. The molecular weight excluding hydrogens is 226 g/mol. The molecule has 18 heavy (non-hydrogen) atoms. The molecule has 106 valence electrons. The van der Waals surface area contributed by atoms with Gasteiger partial charge in [0.15, 0.2) is 0 Å². The number of ether oxygens (including phenoxy) is 2. The van der Waals surface area contributed by atoms with Crippen LogP contribution in [0.15, 0.2) is 0 Å². The molecule has 2 aliphatic rings. The molecule has 0 saturated carbocycles. The highest BCUT2D eigenvalue weighted by molar-refractivity contribution is 4.76. The average molecular weight is 255 g/mol. The van der Waals surface area contributed by atoms with Gasteiger partial charge in [-0.1, -0.05) is 6.92 Å². The Morgan fingerprint density at radius 1 is 1.06 bits per heavy atom. The molecule has 2 saturated heterocycles. The van der Waals surface area contributed by atoms with Crippen molar-refractivity contribution in [1.82, 2.24) is 5.32 Å². The summed E-state index contributed by atoms with van der Waals surface area (Å²) in [6, 6.07) is 0.613. The standard InChI is InChI=1S/C15H29NO2/c1-2-16-13(8-9-14-7-5-11-17-14)12-15-6-3-4-10-18-15/h13-16H,2-12H2,1H3. The van der Waals surface area contributed by atoms with Gasteiger partial charge in [-0.15, -0.1) is 0 Å². The van der Waals surface area contributed by atoms with Crippen LogP contribution in [0.5, 0.6) is 0 Å². The van der Waals surface area contributed by atoms with E-state index in [1.165, 1.54) is 51.4 Å². The van der Waals surface area contributed by atoms with Crippen LogP contribution < -0.4 is 5.32 Å². The maximum atomic E-state index is 5.86. The second-order valence-electron chi connectivity index (χ2n) is 5.69. The molecule has 0 bridgehead atoms. The molecule has 3 heteroatoms. The summed E-state index contributed by atoms with van der Waals surface area (Å²) in [5.41, 5.74) is 0. The zero-order valence-corrected chi connectivity index (χ0v) is 11.8. The van der Waals surface area contributed by atoms with Crippen molar-refractivity contribution < 1.29 is 9.47 Å². The molecule has 0 aromatic heterocycles. The molecule has 0 aromatic carbocycles. The molecule has 3 unspecified atom stereocenters. The molecule has 3 nitrogen and oxygen atoms in total. The van der Waals surface area contributed by atoms with Gasteiger partial charge in [-0.25, -0.2) is 0 Å². The third kappa shape index (κ3) is 4.87. The van der Waals surface area contributed by atoms with E-state index >= 15 is 0 Å². The van der Waals surface area contributed by atoms with E-state index in [0.29, 0.717) is 18.2 Å². The zero-order valence-electron chi connectivity index (χ0n) is 11.8. The first-order valence-electron chi connectivity index (χ1n) is 7.85. The molecule has 0 aromatic rings. The molecule has 1 N–H and O–H groups in total. The molecule has 0 amide bonds. The predicted octanol–water partition coefficient (Wildman–Crippen LogP) is 2.88. The lowest BCUT2D eigenvalue weighted by molar-refractivity contribution is 0.00354. The fourth-order valence-electron chi connectivity index (χ4n) is 3.16. The Kier molecular flexibility index (Phi) is 6.46. The Balaban J connectivity index is 1.68. The molecule has 0 radical (unpaired) electrons. The Hall–Kier alpha value is -0.120. The van der Waals surface area contributed by atoms with E-state index in [9.17, 15) is 0 Å². The summed E-state index contributed by atoms with van der Waals surface area (Å²) in [5.74, 6) is 0. The maximum Gasteiger partial charge on any atom is 0.0590 e. The third-order valence-electron chi connectivity index (χ3n) is 4.18. The Morgan fingerprint density at radius 2 is 1.83 bits per heavy atom. The largest absolute Gasteiger partial charge is 0.378 e. The summed E-state index contributed by atoms with van der Waals surface area (Å²) in [6.07, 6.45) is 11.0. The van der Waals surface area contributed by atoms with Crippen LogP contribution in [-0.4, -0.2) is 38.0 Å². The highest BCUT2D eigenvalue weighted by atomic mass is 16.5. The first kappa shape index (κ1) is 14.3. The van der Waals surface area contributed by atoms with E-state index in [-0.39, 0.29) is 0 Å². The van der Waals surface area contributed by atoms with Crippen molar-refractivity contribution >= 4 is 0 Å². The van der Waals surface area contributed by atoms with Crippen molar-refractivity contribution in [2.24, 2.45) is 0 Å². The highest BCUT2D eigenvalue weighted by Crippen LogP contribution is 2.22. The van der Waals surface area contributed by atoms with E-state index in [1.54, 1.807) is 0 Å². The molecule has 2 fully saturated rings. The van der Waals surface area contributed by atoms with E-state index < -0.39 is 0 Å². The van der Waals surface area contributed by atoms with Crippen LogP contribution in [-0.2, 0) is 9.47 Å². The van der Waals surface area contributed by atoms with Crippen LogP contribution in [0.4, 0.5) is 0 Å². The molecule has 0 spiro atoms. The molecule has 0 aliphatic carbocycles. The Labute approximate surface area is 112 Å². The lowest BCUT2D eigenvalue weighted by atomic mass is 9.97. The van der Waals surface area contributed by atoms with Gasteiger partial charge < -0.3 is 14.8 Å². The van der Waals surface area contributed by atoms with Gasteiger partial charge in [-0.2, -0.15) is 0 Å².